The van der Waals surface area contributed by atoms with Crippen LogP contribution in [0.4, 0.5) is 5.69 Å². The van der Waals surface area contributed by atoms with Crippen LogP contribution < -0.4 is 16.8 Å². The minimum Gasteiger partial charge on any atom is -0.446 e. The Hall–Kier alpha value is -2.34. The van der Waals surface area contributed by atoms with Crippen molar-refractivity contribution in [3.8, 4) is 0 Å². The zero-order valence-electron chi connectivity index (χ0n) is 11.3. The molecule has 106 valence electrons. The minimum absolute atomic E-state index is 0.245. The Balaban J connectivity index is 1.84. The van der Waals surface area contributed by atoms with Gasteiger partial charge in [-0.1, -0.05) is 12.1 Å². The largest absolute Gasteiger partial charge is 0.446 e. The molecule has 2 aromatic rings. The summed E-state index contributed by atoms with van der Waals surface area (Å²) in [5.41, 5.74) is 13.3. The zero-order valence-corrected chi connectivity index (χ0v) is 11.3. The maximum Gasteiger partial charge on any atom is 0.273 e. The van der Waals surface area contributed by atoms with E-state index in [9.17, 15) is 4.79 Å². The standard InChI is InChI=1S/C14H18N4O2/c1-9(15)14-18-12(8-20-14)13(19)17-7-6-10-2-4-11(16)5-3-10/h2-5,8-9H,6-7,15-16H2,1H3,(H,17,19). The molecular formula is C14H18N4O2. The molecular weight excluding hydrogens is 256 g/mol. The summed E-state index contributed by atoms with van der Waals surface area (Å²) in [5.74, 6) is 0.0878. The second-order valence-electron chi connectivity index (χ2n) is 4.61. The Morgan fingerprint density at radius 3 is 2.70 bits per heavy atom. The van der Waals surface area contributed by atoms with Crippen molar-refractivity contribution in [1.29, 1.82) is 0 Å². The van der Waals surface area contributed by atoms with Gasteiger partial charge < -0.3 is 21.2 Å². The van der Waals surface area contributed by atoms with Crippen LogP contribution in [0, 0.1) is 0 Å². The Morgan fingerprint density at radius 2 is 2.10 bits per heavy atom. The van der Waals surface area contributed by atoms with E-state index in [1.54, 1.807) is 6.92 Å². The minimum atomic E-state index is -0.327. The number of oxazole rings is 1. The first-order chi connectivity index (χ1) is 9.56. The lowest BCUT2D eigenvalue weighted by Crippen LogP contribution is -2.26. The third-order valence-electron chi connectivity index (χ3n) is 2.82. The van der Waals surface area contributed by atoms with Gasteiger partial charge in [-0.3, -0.25) is 4.79 Å². The molecule has 0 radical (unpaired) electrons. The van der Waals surface area contributed by atoms with Crippen molar-refractivity contribution in [3.05, 3.63) is 47.7 Å². The SMILES string of the molecule is CC(N)c1nc(C(=O)NCCc2ccc(N)cc2)co1. The number of amides is 1. The Bertz CT molecular complexity index is 575. The first-order valence-electron chi connectivity index (χ1n) is 6.40. The summed E-state index contributed by atoms with van der Waals surface area (Å²) >= 11 is 0. The van der Waals surface area contributed by atoms with E-state index in [1.165, 1.54) is 6.26 Å². The molecule has 0 fully saturated rings. The van der Waals surface area contributed by atoms with Gasteiger partial charge in [-0.05, 0) is 31.0 Å². The molecule has 20 heavy (non-hydrogen) atoms. The van der Waals surface area contributed by atoms with Crippen molar-refractivity contribution in [1.82, 2.24) is 10.3 Å². The summed E-state index contributed by atoms with van der Waals surface area (Å²) < 4.78 is 5.11. The van der Waals surface area contributed by atoms with Gasteiger partial charge in [-0.2, -0.15) is 0 Å². The Labute approximate surface area is 117 Å². The highest BCUT2D eigenvalue weighted by atomic mass is 16.3. The molecule has 2 rings (SSSR count). The van der Waals surface area contributed by atoms with E-state index in [0.29, 0.717) is 12.4 Å². The van der Waals surface area contributed by atoms with E-state index in [1.807, 2.05) is 24.3 Å². The molecule has 5 N–H and O–H groups in total. The van der Waals surface area contributed by atoms with Gasteiger partial charge in [0, 0.05) is 12.2 Å². The summed E-state index contributed by atoms with van der Waals surface area (Å²) in [7, 11) is 0. The second kappa shape index (κ2) is 6.21. The van der Waals surface area contributed by atoms with Crippen molar-refractivity contribution in [2.45, 2.75) is 19.4 Å². The first kappa shape index (κ1) is 14.1. The number of nitrogen functional groups attached to an aromatic ring is 1. The average Bonchev–Trinajstić information content (AvgIpc) is 2.91. The number of nitrogens with two attached hydrogens (primary N) is 2. The molecule has 0 aliphatic heterocycles. The summed E-state index contributed by atoms with van der Waals surface area (Å²) in [4.78, 5) is 15.9. The summed E-state index contributed by atoms with van der Waals surface area (Å²) in [6, 6.07) is 7.22. The number of benzene rings is 1. The summed E-state index contributed by atoms with van der Waals surface area (Å²) in [5, 5.41) is 2.78. The zero-order chi connectivity index (χ0) is 14.5. The molecule has 0 aliphatic rings. The fourth-order valence-electron chi connectivity index (χ4n) is 1.70. The van der Waals surface area contributed by atoms with Gasteiger partial charge in [0.25, 0.3) is 5.91 Å². The molecule has 1 aromatic heterocycles. The van der Waals surface area contributed by atoms with Gasteiger partial charge in [0.05, 0.1) is 6.04 Å². The number of hydrogen-bond donors (Lipinski definition) is 3. The van der Waals surface area contributed by atoms with Crippen molar-refractivity contribution >= 4 is 11.6 Å². The van der Waals surface area contributed by atoms with Crippen LogP contribution in [0.1, 0.15) is 34.9 Å². The van der Waals surface area contributed by atoms with Crippen LogP contribution in [0.5, 0.6) is 0 Å². The number of carbonyl (C=O) groups excluding carboxylic acids is 1. The Morgan fingerprint density at radius 1 is 1.40 bits per heavy atom. The quantitative estimate of drug-likeness (QED) is 0.711. The van der Waals surface area contributed by atoms with Crippen LogP contribution in [-0.4, -0.2) is 17.4 Å². The van der Waals surface area contributed by atoms with E-state index < -0.39 is 0 Å². The van der Waals surface area contributed by atoms with Gasteiger partial charge in [-0.15, -0.1) is 0 Å². The molecule has 1 heterocycles. The summed E-state index contributed by atoms with van der Waals surface area (Å²) in [6.45, 7) is 2.26. The van der Waals surface area contributed by atoms with E-state index in [2.05, 4.69) is 10.3 Å². The molecule has 0 saturated carbocycles. The molecule has 1 aromatic carbocycles. The van der Waals surface area contributed by atoms with E-state index >= 15 is 0 Å². The molecule has 1 amide bonds. The van der Waals surface area contributed by atoms with Gasteiger partial charge in [0.2, 0.25) is 5.89 Å². The maximum absolute atomic E-state index is 11.8. The van der Waals surface area contributed by atoms with Crippen LogP contribution in [-0.2, 0) is 6.42 Å². The first-order valence-corrected chi connectivity index (χ1v) is 6.40. The monoisotopic (exact) mass is 274 g/mol. The molecule has 0 bridgehead atoms. The van der Waals surface area contributed by atoms with E-state index in [-0.39, 0.29) is 17.6 Å². The lowest BCUT2D eigenvalue weighted by molar-refractivity contribution is 0.0949. The molecule has 1 unspecified atom stereocenters. The molecule has 6 nitrogen and oxygen atoms in total. The maximum atomic E-state index is 11.8. The van der Waals surface area contributed by atoms with Gasteiger partial charge in [0.15, 0.2) is 5.69 Å². The number of nitrogens with zero attached hydrogens (tertiary/aromatic N) is 1. The van der Waals surface area contributed by atoms with Crippen molar-refractivity contribution in [2.75, 3.05) is 12.3 Å². The topological polar surface area (TPSA) is 107 Å². The molecule has 0 spiro atoms. The lowest BCUT2D eigenvalue weighted by atomic mass is 10.1. The van der Waals surface area contributed by atoms with Crippen molar-refractivity contribution in [3.63, 3.8) is 0 Å². The predicted molar refractivity (Wildman–Crippen MR) is 76.0 cm³/mol. The predicted octanol–water partition coefficient (Wildman–Crippen LogP) is 1.25. The third kappa shape index (κ3) is 3.58. The highest BCUT2D eigenvalue weighted by Crippen LogP contribution is 2.09. The normalized spacial score (nSPS) is 12.1. The fourth-order valence-corrected chi connectivity index (χ4v) is 1.70. The van der Waals surface area contributed by atoms with Crippen LogP contribution in [0.15, 0.2) is 34.9 Å². The third-order valence-corrected chi connectivity index (χ3v) is 2.82. The van der Waals surface area contributed by atoms with Crippen LogP contribution in [0.25, 0.3) is 0 Å². The van der Waals surface area contributed by atoms with E-state index in [0.717, 1.165) is 17.7 Å². The number of nitrogens with one attached hydrogen (secondary N) is 1. The van der Waals surface area contributed by atoms with Crippen molar-refractivity contribution < 1.29 is 9.21 Å². The second-order valence-corrected chi connectivity index (χ2v) is 4.61. The van der Waals surface area contributed by atoms with E-state index in [4.69, 9.17) is 15.9 Å². The number of aromatic nitrogens is 1. The van der Waals surface area contributed by atoms with Gasteiger partial charge in [-0.25, -0.2) is 4.98 Å². The Kier molecular flexibility index (Phi) is 4.37. The van der Waals surface area contributed by atoms with Crippen LogP contribution >= 0.6 is 0 Å². The average molecular weight is 274 g/mol. The summed E-state index contributed by atoms with van der Waals surface area (Å²) in [6.07, 6.45) is 2.04. The van der Waals surface area contributed by atoms with Crippen LogP contribution in [0.2, 0.25) is 0 Å². The molecule has 0 saturated heterocycles. The lowest BCUT2D eigenvalue weighted by Gasteiger charge is -2.03. The fraction of sp³-hybridized carbons (Fsp3) is 0.286. The van der Waals surface area contributed by atoms with Gasteiger partial charge in [0.1, 0.15) is 6.26 Å². The van der Waals surface area contributed by atoms with Crippen LogP contribution in [0.3, 0.4) is 0 Å². The molecule has 1 atom stereocenters. The molecule has 6 heteroatoms. The van der Waals surface area contributed by atoms with Crippen molar-refractivity contribution in [2.24, 2.45) is 5.73 Å². The highest BCUT2D eigenvalue weighted by molar-refractivity contribution is 5.91. The smallest absolute Gasteiger partial charge is 0.273 e. The highest BCUT2D eigenvalue weighted by Gasteiger charge is 2.13. The van der Waals surface area contributed by atoms with Gasteiger partial charge >= 0.3 is 0 Å². The number of rotatable bonds is 5. The number of anilines is 1. The molecule has 0 aliphatic carbocycles. The number of hydrogen-bond acceptors (Lipinski definition) is 5. The number of carbonyl (C=O) groups is 1.